The van der Waals surface area contributed by atoms with Crippen LogP contribution in [-0.2, 0) is 5.41 Å². The lowest BCUT2D eigenvalue weighted by Gasteiger charge is -2.27. The molecule has 0 radical (unpaired) electrons. The summed E-state index contributed by atoms with van der Waals surface area (Å²) in [5, 5.41) is 6.91. The molecule has 116 valence electrons. The highest BCUT2D eigenvalue weighted by Gasteiger charge is 2.21. The lowest BCUT2D eigenvalue weighted by Crippen LogP contribution is -2.46. The molecule has 2 N–H and O–H groups in total. The number of guanidine groups is 1. The Hall–Kier alpha value is -1.04. The molecular formula is C17H26IN3. The second-order valence-corrected chi connectivity index (χ2v) is 5.96. The van der Waals surface area contributed by atoms with E-state index in [2.05, 4.69) is 72.0 Å². The standard InChI is InChI=1S/C17H25N3.HI/c1-17(2,14-9-5-4-6-10-14)13-19-16(18-3)20-15-11-7-8-12-15;/h4-10,15H,11-13H2,1-3H3,(H2,18,19,20);1H. The van der Waals surface area contributed by atoms with Crippen molar-refractivity contribution in [2.24, 2.45) is 4.99 Å². The normalized spacial score (nSPS) is 15.7. The van der Waals surface area contributed by atoms with Crippen LogP contribution in [0.15, 0.2) is 47.5 Å². The van der Waals surface area contributed by atoms with Gasteiger partial charge in [-0.3, -0.25) is 4.99 Å². The van der Waals surface area contributed by atoms with Crippen molar-refractivity contribution in [2.45, 2.75) is 38.1 Å². The fraction of sp³-hybridized carbons (Fsp3) is 0.471. The van der Waals surface area contributed by atoms with Gasteiger partial charge in [-0.1, -0.05) is 56.3 Å². The van der Waals surface area contributed by atoms with E-state index < -0.39 is 0 Å². The number of hydrogen-bond acceptors (Lipinski definition) is 1. The van der Waals surface area contributed by atoms with Gasteiger partial charge in [-0.15, -0.1) is 24.0 Å². The van der Waals surface area contributed by atoms with Crippen LogP contribution in [0.2, 0.25) is 0 Å². The maximum atomic E-state index is 4.31. The molecule has 0 saturated heterocycles. The summed E-state index contributed by atoms with van der Waals surface area (Å²) in [7, 11) is 1.83. The molecule has 0 aromatic heterocycles. The molecule has 0 heterocycles. The first kappa shape index (κ1) is 18.0. The minimum atomic E-state index is 0. The molecule has 0 aliphatic heterocycles. The quantitative estimate of drug-likeness (QED) is 0.352. The highest BCUT2D eigenvalue weighted by atomic mass is 127. The number of halogens is 1. The van der Waals surface area contributed by atoms with Gasteiger partial charge in [0.25, 0.3) is 0 Å². The third-order valence-electron chi connectivity index (χ3n) is 3.83. The largest absolute Gasteiger partial charge is 0.356 e. The zero-order valence-corrected chi connectivity index (χ0v) is 15.4. The average Bonchev–Trinajstić information content (AvgIpc) is 2.97. The van der Waals surface area contributed by atoms with Crippen LogP contribution in [-0.4, -0.2) is 25.6 Å². The van der Waals surface area contributed by atoms with Gasteiger partial charge in [0.05, 0.1) is 0 Å². The van der Waals surface area contributed by atoms with Crippen LogP contribution >= 0.6 is 24.0 Å². The van der Waals surface area contributed by atoms with Crippen molar-refractivity contribution in [1.29, 1.82) is 0 Å². The Labute approximate surface area is 145 Å². The molecule has 0 bridgehead atoms. The topological polar surface area (TPSA) is 36.4 Å². The van der Waals surface area contributed by atoms with E-state index in [1.54, 1.807) is 0 Å². The summed E-state index contributed by atoms with van der Waals surface area (Å²) < 4.78 is 0. The van der Waals surface area contributed by atoms with Crippen molar-refractivity contribution in [3.8, 4) is 0 Å². The Kier molecular flexibility index (Phi) is 7.22. The number of nitrogens with one attached hydrogen (secondary N) is 2. The predicted octanol–water partition coefficient (Wildman–Crippen LogP) is 3.47. The molecule has 1 aliphatic carbocycles. The van der Waals surface area contributed by atoms with E-state index in [0.717, 1.165) is 25.3 Å². The molecule has 4 heteroatoms. The summed E-state index contributed by atoms with van der Waals surface area (Å²) in [5.74, 6) is 0.891. The molecular weight excluding hydrogens is 373 g/mol. The number of nitrogens with zero attached hydrogens (tertiary/aromatic N) is 1. The zero-order valence-electron chi connectivity index (χ0n) is 13.1. The van der Waals surface area contributed by atoms with E-state index in [1.165, 1.54) is 5.56 Å². The highest BCUT2D eigenvalue weighted by molar-refractivity contribution is 14.0. The van der Waals surface area contributed by atoms with E-state index in [9.17, 15) is 0 Å². The second kappa shape index (κ2) is 8.41. The van der Waals surface area contributed by atoms with Crippen LogP contribution in [0.3, 0.4) is 0 Å². The molecule has 0 atom stereocenters. The predicted molar refractivity (Wildman–Crippen MR) is 102 cm³/mol. The van der Waals surface area contributed by atoms with Gasteiger partial charge in [0.15, 0.2) is 5.96 Å². The molecule has 1 aromatic rings. The van der Waals surface area contributed by atoms with Gasteiger partial charge in [0.2, 0.25) is 0 Å². The van der Waals surface area contributed by atoms with Gasteiger partial charge < -0.3 is 10.6 Å². The summed E-state index contributed by atoms with van der Waals surface area (Å²) >= 11 is 0. The van der Waals surface area contributed by atoms with Crippen molar-refractivity contribution < 1.29 is 0 Å². The van der Waals surface area contributed by atoms with Gasteiger partial charge in [-0.25, -0.2) is 0 Å². The Morgan fingerprint density at radius 1 is 1.19 bits per heavy atom. The number of aliphatic imine (C=N–C) groups is 1. The van der Waals surface area contributed by atoms with Gasteiger partial charge in [0.1, 0.15) is 0 Å². The molecule has 1 aliphatic rings. The molecule has 0 fully saturated rings. The summed E-state index contributed by atoms with van der Waals surface area (Å²) in [4.78, 5) is 4.31. The van der Waals surface area contributed by atoms with E-state index in [4.69, 9.17) is 0 Å². The Morgan fingerprint density at radius 3 is 2.38 bits per heavy atom. The van der Waals surface area contributed by atoms with Gasteiger partial charge in [0, 0.05) is 25.0 Å². The lowest BCUT2D eigenvalue weighted by molar-refractivity contribution is 0.504. The van der Waals surface area contributed by atoms with Crippen LogP contribution in [0, 0.1) is 0 Å². The van der Waals surface area contributed by atoms with E-state index >= 15 is 0 Å². The molecule has 2 rings (SSSR count). The molecule has 0 amide bonds. The van der Waals surface area contributed by atoms with Crippen molar-refractivity contribution >= 4 is 29.9 Å². The van der Waals surface area contributed by atoms with Crippen molar-refractivity contribution in [1.82, 2.24) is 10.6 Å². The summed E-state index contributed by atoms with van der Waals surface area (Å²) in [6.07, 6.45) is 6.61. The first-order valence-electron chi connectivity index (χ1n) is 7.29. The van der Waals surface area contributed by atoms with Crippen molar-refractivity contribution in [2.75, 3.05) is 13.6 Å². The van der Waals surface area contributed by atoms with Crippen LogP contribution < -0.4 is 10.6 Å². The molecule has 0 unspecified atom stereocenters. The monoisotopic (exact) mass is 399 g/mol. The van der Waals surface area contributed by atoms with Crippen LogP contribution in [0.1, 0.15) is 32.3 Å². The fourth-order valence-corrected chi connectivity index (χ4v) is 2.42. The zero-order chi connectivity index (χ0) is 14.4. The smallest absolute Gasteiger partial charge is 0.191 e. The van der Waals surface area contributed by atoms with Crippen LogP contribution in [0.25, 0.3) is 0 Å². The number of rotatable bonds is 4. The minimum absolute atomic E-state index is 0. The summed E-state index contributed by atoms with van der Waals surface area (Å²) in [5.41, 5.74) is 1.41. The molecule has 0 saturated carbocycles. The molecule has 3 nitrogen and oxygen atoms in total. The third kappa shape index (κ3) is 5.34. The highest BCUT2D eigenvalue weighted by Crippen LogP contribution is 2.21. The maximum Gasteiger partial charge on any atom is 0.191 e. The Bertz CT molecular complexity index is 472. The van der Waals surface area contributed by atoms with Crippen LogP contribution in [0.5, 0.6) is 0 Å². The maximum absolute atomic E-state index is 4.31. The van der Waals surface area contributed by atoms with Gasteiger partial charge in [-0.05, 0) is 18.4 Å². The molecule has 21 heavy (non-hydrogen) atoms. The number of hydrogen-bond donors (Lipinski definition) is 2. The van der Waals surface area contributed by atoms with Gasteiger partial charge >= 0.3 is 0 Å². The van der Waals surface area contributed by atoms with Crippen molar-refractivity contribution in [3.05, 3.63) is 48.0 Å². The van der Waals surface area contributed by atoms with E-state index in [-0.39, 0.29) is 29.4 Å². The average molecular weight is 399 g/mol. The van der Waals surface area contributed by atoms with Crippen LogP contribution in [0.4, 0.5) is 0 Å². The summed E-state index contributed by atoms with van der Waals surface area (Å²) in [6, 6.07) is 11.1. The number of benzene rings is 1. The lowest BCUT2D eigenvalue weighted by atomic mass is 9.85. The Balaban J connectivity index is 0.00000220. The van der Waals surface area contributed by atoms with E-state index in [1.807, 2.05) is 7.05 Å². The fourth-order valence-electron chi connectivity index (χ4n) is 2.42. The SMILES string of the molecule is CN=C(NCC(C)(C)c1ccccc1)NC1CC=CC1.I. The summed E-state index contributed by atoms with van der Waals surface area (Å²) in [6.45, 7) is 5.36. The third-order valence-corrected chi connectivity index (χ3v) is 3.83. The second-order valence-electron chi connectivity index (χ2n) is 5.96. The molecule has 0 spiro atoms. The first-order chi connectivity index (χ1) is 9.62. The first-order valence-corrected chi connectivity index (χ1v) is 7.29. The molecule has 1 aromatic carbocycles. The van der Waals surface area contributed by atoms with E-state index in [0.29, 0.717) is 6.04 Å². The van der Waals surface area contributed by atoms with Crippen molar-refractivity contribution in [3.63, 3.8) is 0 Å². The van der Waals surface area contributed by atoms with Gasteiger partial charge in [-0.2, -0.15) is 0 Å². The minimum Gasteiger partial charge on any atom is -0.356 e. The Morgan fingerprint density at radius 2 is 1.81 bits per heavy atom.